The van der Waals surface area contributed by atoms with Crippen LogP contribution < -0.4 is 5.56 Å². The quantitative estimate of drug-likeness (QED) is 0.290. The van der Waals surface area contributed by atoms with Crippen LogP contribution in [-0.4, -0.2) is 26.7 Å². The summed E-state index contributed by atoms with van der Waals surface area (Å²) in [5.74, 6) is -0.0108. The minimum absolute atomic E-state index is 0.0108. The van der Waals surface area contributed by atoms with E-state index in [0.29, 0.717) is 21.5 Å². The van der Waals surface area contributed by atoms with Crippen LogP contribution in [0.3, 0.4) is 0 Å². The van der Waals surface area contributed by atoms with Crippen molar-refractivity contribution in [2.45, 2.75) is 19.3 Å². The molecule has 0 atom stereocenters. The van der Waals surface area contributed by atoms with E-state index in [-0.39, 0.29) is 12.4 Å². The Labute approximate surface area is 193 Å². The Balaban J connectivity index is 1.68. The molecule has 6 nitrogen and oxygen atoms in total. The number of hydrogen-bond acceptors (Lipinski definition) is 5. The second-order valence-electron chi connectivity index (χ2n) is 7.34. The first-order chi connectivity index (χ1) is 16.4. The van der Waals surface area contributed by atoms with Gasteiger partial charge in [0.25, 0.3) is 5.56 Å². The molecule has 0 aliphatic rings. The van der Waals surface area contributed by atoms with Crippen molar-refractivity contribution in [1.29, 1.82) is 0 Å². The monoisotopic (exact) mass is 464 g/mol. The molecular weight excluding hydrogens is 445 g/mol. The number of oxime groups is 1. The zero-order chi connectivity index (χ0) is 24.0. The third-order valence-electron chi connectivity index (χ3n) is 4.77. The predicted octanol–water partition coefficient (Wildman–Crippen LogP) is 4.84. The van der Waals surface area contributed by atoms with Gasteiger partial charge in [-0.3, -0.25) is 4.79 Å². The number of benzene rings is 3. The lowest BCUT2D eigenvalue weighted by atomic mass is 10.0. The van der Waals surface area contributed by atoms with E-state index in [0.717, 1.165) is 17.3 Å². The van der Waals surface area contributed by atoms with Crippen LogP contribution in [0.2, 0.25) is 0 Å². The third kappa shape index (κ3) is 5.94. The van der Waals surface area contributed by atoms with Gasteiger partial charge in [0.1, 0.15) is 18.9 Å². The maximum atomic E-state index is 12.8. The van der Waals surface area contributed by atoms with E-state index in [1.54, 1.807) is 24.3 Å². The Morgan fingerprint density at radius 1 is 0.912 bits per heavy atom. The predicted molar refractivity (Wildman–Crippen MR) is 121 cm³/mol. The molecule has 0 aliphatic heterocycles. The smallest absolute Gasteiger partial charge is 0.390 e. The van der Waals surface area contributed by atoms with Crippen LogP contribution in [0.4, 0.5) is 13.2 Å². The highest BCUT2D eigenvalue weighted by molar-refractivity contribution is 6.13. The van der Waals surface area contributed by atoms with Crippen LogP contribution in [0.25, 0.3) is 11.4 Å². The summed E-state index contributed by atoms with van der Waals surface area (Å²) in [6.07, 6.45) is -3.75. The molecule has 0 aliphatic carbocycles. The molecule has 1 aromatic heterocycles. The second kappa shape index (κ2) is 10.1. The van der Waals surface area contributed by atoms with E-state index in [4.69, 9.17) is 4.84 Å². The van der Waals surface area contributed by atoms with Gasteiger partial charge in [0, 0.05) is 16.7 Å². The van der Waals surface area contributed by atoms with Crippen molar-refractivity contribution in [2.24, 2.45) is 5.16 Å². The number of rotatable bonds is 7. The second-order valence-corrected chi connectivity index (χ2v) is 7.34. The van der Waals surface area contributed by atoms with E-state index in [9.17, 15) is 18.0 Å². The van der Waals surface area contributed by atoms with Crippen molar-refractivity contribution < 1.29 is 18.0 Å². The number of halogens is 3. The van der Waals surface area contributed by atoms with Crippen molar-refractivity contribution in [3.63, 3.8) is 0 Å². The molecule has 0 fully saturated rings. The molecule has 0 amide bonds. The van der Waals surface area contributed by atoms with Crippen LogP contribution >= 0.6 is 0 Å². The standard InChI is InChI=1S/C25H19F3N4O2/c26-25(27,28)17-32-22(33)15-29-24(30-32)21-13-7-12-20(14-21)23(19-10-5-2-6-11-19)31-34-16-18-8-3-1-4-9-18/h1-15H,16-17H2/b31-23-. The first-order valence-corrected chi connectivity index (χ1v) is 10.3. The number of nitrogens with zero attached hydrogens (tertiary/aromatic N) is 4. The average Bonchev–Trinajstić information content (AvgIpc) is 2.84. The SMILES string of the molecule is O=c1cnc(-c2cccc(/C(=N\OCc3ccccc3)c3ccccc3)c2)nn1CC(F)(F)F. The summed E-state index contributed by atoms with van der Waals surface area (Å²) >= 11 is 0. The molecule has 3 aromatic carbocycles. The van der Waals surface area contributed by atoms with E-state index >= 15 is 0 Å². The molecule has 9 heteroatoms. The highest BCUT2D eigenvalue weighted by Gasteiger charge is 2.29. The van der Waals surface area contributed by atoms with Crippen LogP contribution in [0, 0.1) is 0 Å². The van der Waals surface area contributed by atoms with Crippen LogP contribution in [0.5, 0.6) is 0 Å². The molecule has 0 saturated carbocycles. The first kappa shape index (κ1) is 22.9. The number of hydrogen-bond donors (Lipinski definition) is 0. The van der Waals surface area contributed by atoms with Gasteiger partial charge < -0.3 is 4.84 Å². The lowest BCUT2D eigenvalue weighted by Gasteiger charge is -2.11. The Hall–Kier alpha value is -4.27. The van der Waals surface area contributed by atoms with Crippen molar-refractivity contribution in [1.82, 2.24) is 14.8 Å². The maximum absolute atomic E-state index is 12.8. The third-order valence-corrected chi connectivity index (χ3v) is 4.77. The van der Waals surface area contributed by atoms with E-state index in [2.05, 4.69) is 15.2 Å². The van der Waals surface area contributed by atoms with Gasteiger partial charge in [-0.2, -0.15) is 13.2 Å². The van der Waals surface area contributed by atoms with Gasteiger partial charge in [0.15, 0.2) is 5.82 Å². The van der Waals surface area contributed by atoms with Crippen LogP contribution in [-0.2, 0) is 18.0 Å². The summed E-state index contributed by atoms with van der Waals surface area (Å²) in [7, 11) is 0. The average molecular weight is 464 g/mol. The molecule has 0 saturated heterocycles. The largest absolute Gasteiger partial charge is 0.408 e. The number of alkyl halides is 3. The zero-order valence-electron chi connectivity index (χ0n) is 17.8. The molecular formula is C25H19F3N4O2. The highest BCUT2D eigenvalue weighted by Crippen LogP contribution is 2.20. The summed E-state index contributed by atoms with van der Waals surface area (Å²) in [6.45, 7) is -1.23. The number of aromatic nitrogens is 3. The highest BCUT2D eigenvalue weighted by atomic mass is 19.4. The lowest BCUT2D eigenvalue weighted by molar-refractivity contribution is -0.143. The van der Waals surface area contributed by atoms with Gasteiger partial charge in [-0.1, -0.05) is 84.0 Å². The van der Waals surface area contributed by atoms with Crippen LogP contribution in [0.1, 0.15) is 16.7 Å². The van der Waals surface area contributed by atoms with Crippen molar-refractivity contribution in [3.05, 3.63) is 118 Å². The minimum Gasteiger partial charge on any atom is -0.390 e. The molecule has 0 N–H and O–H groups in total. The fourth-order valence-corrected chi connectivity index (χ4v) is 3.21. The summed E-state index contributed by atoms with van der Waals surface area (Å²) < 4.78 is 38.8. The Kier molecular flexibility index (Phi) is 6.82. The van der Waals surface area contributed by atoms with Crippen molar-refractivity contribution in [2.75, 3.05) is 0 Å². The lowest BCUT2D eigenvalue weighted by Crippen LogP contribution is -2.30. The topological polar surface area (TPSA) is 69.4 Å². The van der Waals surface area contributed by atoms with E-state index in [1.807, 2.05) is 60.7 Å². The maximum Gasteiger partial charge on any atom is 0.408 e. The molecule has 4 rings (SSSR count). The summed E-state index contributed by atoms with van der Waals surface area (Å²) in [5, 5.41) is 8.15. The Bertz CT molecular complexity index is 1340. The fraction of sp³-hybridized carbons (Fsp3) is 0.120. The Morgan fingerprint density at radius 2 is 1.59 bits per heavy atom. The molecule has 34 heavy (non-hydrogen) atoms. The molecule has 172 valence electrons. The van der Waals surface area contributed by atoms with Gasteiger partial charge in [-0.25, -0.2) is 9.67 Å². The van der Waals surface area contributed by atoms with Gasteiger partial charge in [-0.15, -0.1) is 5.10 Å². The zero-order valence-corrected chi connectivity index (χ0v) is 17.8. The first-order valence-electron chi connectivity index (χ1n) is 10.3. The summed E-state index contributed by atoms with van der Waals surface area (Å²) in [5.41, 5.74) is 2.41. The minimum atomic E-state index is -4.58. The molecule has 0 spiro atoms. The van der Waals surface area contributed by atoms with Crippen LogP contribution in [0.15, 0.2) is 101 Å². The molecule has 0 radical (unpaired) electrons. The molecule has 1 heterocycles. The summed E-state index contributed by atoms with van der Waals surface area (Å²) in [6, 6.07) is 25.8. The van der Waals surface area contributed by atoms with Crippen molar-refractivity contribution in [3.8, 4) is 11.4 Å². The van der Waals surface area contributed by atoms with E-state index < -0.39 is 18.3 Å². The van der Waals surface area contributed by atoms with Gasteiger partial charge in [0.2, 0.25) is 0 Å². The fourth-order valence-electron chi connectivity index (χ4n) is 3.21. The van der Waals surface area contributed by atoms with E-state index in [1.165, 1.54) is 0 Å². The van der Waals surface area contributed by atoms with Crippen molar-refractivity contribution >= 4 is 5.71 Å². The Morgan fingerprint density at radius 3 is 2.29 bits per heavy atom. The molecule has 4 aromatic rings. The molecule has 0 bridgehead atoms. The molecule has 0 unspecified atom stereocenters. The van der Waals surface area contributed by atoms with Gasteiger partial charge in [0.05, 0.1) is 6.20 Å². The normalized spacial score (nSPS) is 11.9. The van der Waals surface area contributed by atoms with Gasteiger partial charge in [-0.05, 0) is 11.6 Å². The van der Waals surface area contributed by atoms with Gasteiger partial charge >= 0.3 is 6.18 Å². The summed E-state index contributed by atoms with van der Waals surface area (Å²) in [4.78, 5) is 21.3.